The van der Waals surface area contributed by atoms with E-state index in [4.69, 9.17) is 10.2 Å². The number of carbonyl (C=O) groups excluding carboxylic acids is 1. The zero-order valence-electron chi connectivity index (χ0n) is 13.6. The Morgan fingerprint density at radius 3 is 2.54 bits per heavy atom. The Hall–Kier alpha value is -2.03. The van der Waals surface area contributed by atoms with Gasteiger partial charge in [0.25, 0.3) is 5.91 Å². The van der Waals surface area contributed by atoms with Crippen LogP contribution in [0.5, 0.6) is 0 Å². The number of hydrogen-bond donors (Lipinski definition) is 3. The predicted molar refractivity (Wildman–Crippen MR) is 106 cm³/mol. The lowest BCUT2D eigenvalue weighted by Gasteiger charge is -2.10. The highest BCUT2D eigenvalue weighted by molar-refractivity contribution is 14.0. The summed E-state index contributed by atoms with van der Waals surface area (Å²) in [5, 5.41) is 6.45. The molecular formula is C17H23IN4O2. The molecule has 1 heterocycles. The molecule has 130 valence electrons. The van der Waals surface area contributed by atoms with Crippen LogP contribution in [-0.2, 0) is 13.0 Å². The van der Waals surface area contributed by atoms with Crippen LogP contribution in [0, 0.1) is 0 Å². The number of guanidine groups is 1. The maximum atomic E-state index is 11.0. The molecule has 4 N–H and O–H groups in total. The highest BCUT2D eigenvalue weighted by atomic mass is 127. The molecule has 1 aromatic carbocycles. The fourth-order valence-electron chi connectivity index (χ4n) is 2.06. The Morgan fingerprint density at radius 2 is 1.92 bits per heavy atom. The van der Waals surface area contributed by atoms with Gasteiger partial charge in [-0.05, 0) is 31.0 Å². The van der Waals surface area contributed by atoms with Gasteiger partial charge in [-0.15, -0.1) is 24.0 Å². The molecule has 24 heavy (non-hydrogen) atoms. The fraction of sp³-hybridized carbons (Fsp3) is 0.294. The Balaban J connectivity index is 0.00000288. The summed E-state index contributed by atoms with van der Waals surface area (Å²) in [5.74, 6) is 0.880. The molecule has 0 bridgehead atoms. The van der Waals surface area contributed by atoms with Gasteiger partial charge in [0.15, 0.2) is 11.7 Å². The first-order valence-electron chi connectivity index (χ1n) is 7.63. The number of benzene rings is 1. The summed E-state index contributed by atoms with van der Waals surface area (Å²) < 4.78 is 5.31. The van der Waals surface area contributed by atoms with Crippen LogP contribution in [0.1, 0.15) is 28.8 Å². The SMILES string of the molecule is CCNC(=NCc1ccc(C(N)=O)o1)NCCc1ccccc1.I. The summed E-state index contributed by atoms with van der Waals surface area (Å²) in [6.45, 7) is 3.89. The first-order chi connectivity index (χ1) is 11.2. The van der Waals surface area contributed by atoms with Crippen molar-refractivity contribution in [3.05, 3.63) is 59.5 Å². The van der Waals surface area contributed by atoms with Gasteiger partial charge in [-0.2, -0.15) is 0 Å². The van der Waals surface area contributed by atoms with Gasteiger partial charge in [-0.1, -0.05) is 30.3 Å². The minimum atomic E-state index is -0.576. The van der Waals surface area contributed by atoms with Crippen molar-refractivity contribution in [3.63, 3.8) is 0 Å². The largest absolute Gasteiger partial charge is 0.454 e. The molecule has 0 aliphatic carbocycles. The molecule has 0 radical (unpaired) electrons. The fourth-order valence-corrected chi connectivity index (χ4v) is 2.06. The van der Waals surface area contributed by atoms with E-state index in [0.717, 1.165) is 19.5 Å². The molecule has 0 spiro atoms. The molecular weight excluding hydrogens is 419 g/mol. The van der Waals surface area contributed by atoms with E-state index in [1.807, 2.05) is 25.1 Å². The summed E-state index contributed by atoms with van der Waals surface area (Å²) >= 11 is 0. The lowest BCUT2D eigenvalue weighted by Crippen LogP contribution is -2.38. The van der Waals surface area contributed by atoms with Crippen LogP contribution in [0.15, 0.2) is 51.9 Å². The molecule has 7 heteroatoms. The van der Waals surface area contributed by atoms with Crippen molar-refractivity contribution in [1.82, 2.24) is 10.6 Å². The van der Waals surface area contributed by atoms with E-state index < -0.39 is 5.91 Å². The predicted octanol–water partition coefficient (Wildman–Crippen LogP) is 2.29. The van der Waals surface area contributed by atoms with Crippen molar-refractivity contribution >= 4 is 35.8 Å². The average molecular weight is 442 g/mol. The lowest BCUT2D eigenvalue weighted by molar-refractivity contribution is 0.0972. The molecule has 0 unspecified atom stereocenters. The second-order valence-electron chi connectivity index (χ2n) is 4.99. The Morgan fingerprint density at radius 1 is 1.17 bits per heavy atom. The molecule has 1 aromatic heterocycles. The number of hydrogen-bond acceptors (Lipinski definition) is 3. The molecule has 6 nitrogen and oxygen atoms in total. The molecule has 2 rings (SSSR count). The van der Waals surface area contributed by atoms with E-state index in [-0.39, 0.29) is 29.7 Å². The number of halogens is 1. The first kappa shape index (κ1) is 20.0. The minimum absolute atomic E-state index is 0. The maximum absolute atomic E-state index is 11.0. The summed E-state index contributed by atoms with van der Waals surface area (Å²) in [5.41, 5.74) is 6.43. The second kappa shape index (κ2) is 10.7. The van der Waals surface area contributed by atoms with E-state index in [1.54, 1.807) is 12.1 Å². The number of nitrogens with zero attached hydrogens (tertiary/aromatic N) is 1. The van der Waals surface area contributed by atoms with Crippen LogP contribution in [0.25, 0.3) is 0 Å². The van der Waals surface area contributed by atoms with Crippen LogP contribution in [0.3, 0.4) is 0 Å². The normalized spacial score (nSPS) is 10.8. The Labute approximate surface area is 158 Å². The van der Waals surface area contributed by atoms with Crippen molar-refractivity contribution in [2.75, 3.05) is 13.1 Å². The van der Waals surface area contributed by atoms with Gasteiger partial charge in [0.2, 0.25) is 0 Å². The minimum Gasteiger partial charge on any atom is -0.454 e. The number of primary amides is 1. The molecule has 1 amide bonds. The van der Waals surface area contributed by atoms with Gasteiger partial charge >= 0.3 is 0 Å². The molecule has 0 aliphatic rings. The topological polar surface area (TPSA) is 92.6 Å². The molecule has 0 saturated heterocycles. The third-order valence-electron chi connectivity index (χ3n) is 3.19. The van der Waals surface area contributed by atoms with Gasteiger partial charge in [0.05, 0.1) is 0 Å². The van der Waals surface area contributed by atoms with E-state index in [2.05, 4.69) is 27.8 Å². The number of amides is 1. The number of rotatable bonds is 7. The van der Waals surface area contributed by atoms with Crippen LogP contribution in [-0.4, -0.2) is 25.0 Å². The first-order valence-corrected chi connectivity index (χ1v) is 7.63. The van der Waals surface area contributed by atoms with Gasteiger partial charge in [0.1, 0.15) is 12.3 Å². The van der Waals surface area contributed by atoms with E-state index >= 15 is 0 Å². The number of nitrogens with one attached hydrogen (secondary N) is 2. The smallest absolute Gasteiger partial charge is 0.284 e. The van der Waals surface area contributed by atoms with E-state index in [1.165, 1.54) is 5.56 Å². The zero-order valence-corrected chi connectivity index (χ0v) is 15.9. The number of furan rings is 1. The summed E-state index contributed by atoms with van der Waals surface area (Å²) in [6.07, 6.45) is 0.915. The third-order valence-corrected chi connectivity index (χ3v) is 3.19. The highest BCUT2D eigenvalue weighted by Crippen LogP contribution is 2.08. The monoisotopic (exact) mass is 442 g/mol. The van der Waals surface area contributed by atoms with Crippen LogP contribution in [0.2, 0.25) is 0 Å². The van der Waals surface area contributed by atoms with E-state index in [0.29, 0.717) is 18.3 Å². The molecule has 0 saturated carbocycles. The quantitative estimate of drug-likeness (QED) is 0.349. The highest BCUT2D eigenvalue weighted by Gasteiger charge is 2.06. The van der Waals surface area contributed by atoms with Gasteiger partial charge in [0, 0.05) is 13.1 Å². The Bertz CT molecular complexity index is 656. The summed E-state index contributed by atoms with van der Waals surface area (Å²) in [4.78, 5) is 15.4. The van der Waals surface area contributed by atoms with Crippen molar-refractivity contribution in [3.8, 4) is 0 Å². The summed E-state index contributed by atoms with van der Waals surface area (Å²) in [7, 11) is 0. The number of aliphatic imine (C=N–C) groups is 1. The molecule has 0 fully saturated rings. The lowest BCUT2D eigenvalue weighted by atomic mass is 10.1. The van der Waals surface area contributed by atoms with Crippen LogP contribution >= 0.6 is 24.0 Å². The van der Waals surface area contributed by atoms with Crippen molar-refractivity contribution in [1.29, 1.82) is 0 Å². The molecule has 2 aromatic rings. The average Bonchev–Trinajstić information content (AvgIpc) is 3.03. The van der Waals surface area contributed by atoms with Gasteiger partial charge in [-0.3, -0.25) is 4.79 Å². The van der Waals surface area contributed by atoms with Gasteiger partial charge in [-0.25, -0.2) is 4.99 Å². The van der Waals surface area contributed by atoms with Crippen LogP contribution < -0.4 is 16.4 Å². The Kier molecular flexibility index (Phi) is 8.92. The molecule has 0 aliphatic heterocycles. The zero-order chi connectivity index (χ0) is 16.5. The van der Waals surface area contributed by atoms with Gasteiger partial charge < -0.3 is 20.8 Å². The van der Waals surface area contributed by atoms with Crippen molar-refractivity contribution in [2.24, 2.45) is 10.7 Å². The standard InChI is InChI=1S/C17H22N4O2.HI/c1-2-19-17(20-11-10-13-6-4-3-5-7-13)21-12-14-8-9-15(23-14)16(18)22;/h3-9H,2,10-12H2,1H3,(H2,18,22)(H2,19,20,21);1H. The number of carbonyl (C=O) groups is 1. The van der Waals surface area contributed by atoms with Crippen molar-refractivity contribution < 1.29 is 9.21 Å². The van der Waals surface area contributed by atoms with E-state index in [9.17, 15) is 4.79 Å². The van der Waals surface area contributed by atoms with Crippen molar-refractivity contribution in [2.45, 2.75) is 19.9 Å². The second-order valence-corrected chi connectivity index (χ2v) is 4.99. The third kappa shape index (κ3) is 6.61. The molecule has 0 atom stereocenters. The number of nitrogens with two attached hydrogens (primary N) is 1. The maximum Gasteiger partial charge on any atom is 0.284 e. The summed E-state index contributed by atoms with van der Waals surface area (Å²) in [6, 6.07) is 13.5. The van der Waals surface area contributed by atoms with Crippen LogP contribution in [0.4, 0.5) is 0 Å².